The Morgan fingerprint density at radius 2 is 2.22 bits per heavy atom. The number of nitrogens with zero attached hydrogens (tertiary/aromatic N) is 1. The van der Waals surface area contributed by atoms with E-state index in [9.17, 15) is 0 Å². The van der Waals surface area contributed by atoms with Crippen molar-refractivity contribution in [1.29, 1.82) is 0 Å². The maximum atomic E-state index is 6.19. The molecule has 4 nitrogen and oxygen atoms in total. The molecule has 1 aromatic carbocycles. The third kappa shape index (κ3) is 2.28. The molecule has 2 heterocycles. The van der Waals surface area contributed by atoms with Gasteiger partial charge in [-0.05, 0) is 18.2 Å². The fourth-order valence-electron chi connectivity index (χ4n) is 1.64. The van der Waals surface area contributed by atoms with Crippen LogP contribution in [0.1, 0.15) is 0 Å². The average molecular weight is 283 g/mol. The number of thioether (sulfide) groups is 1. The number of anilines is 1. The zero-order valence-corrected chi connectivity index (χ0v) is 11.0. The standard InChI is InChI=1S/C12H11ClN2O2S/c13-9-3-7(11-4-12(14)15-17-11)1-2-10(9)16-8-5-18-6-8/h1-4,8H,5-6H2,(H2,14,15). The highest BCUT2D eigenvalue weighted by atomic mass is 35.5. The lowest BCUT2D eigenvalue weighted by atomic mass is 10.1. The van der Waals surface area contributed by atoms with E-state index in [4.69, 9.17) is 26.6 Å². The molecule has 0 atom stereocenters. The van der Waals surface area contributed by atoms with Gasteiger partial charge in [0.05, 0.1) is 5.02 Å². The minimum absolute atomic E-state index is 0.277. The lowest BCUT2D eigenvalue weighted by Crippen LogP contribution is -2.31. The molecule has 1 aliphatic heterocycles. The molecule has 0 spiro atoms. The molecule has 3 rings (SSSR count). The fraction of sp³-hybridized carbons (Fsp3) is 0.250. The summed E-state index contributed by atoms with van der Waals surface area (Å²) in [6.45, 7) is 0. The molecule has 0 amide bonds. The van der Waals surface area contributed by atoms with Crippen LogP contribution in [0, 0.1) is 0 Å². The van der Waals surface area contributed by atoms with Gasteiger partial charge in [-0.3, -0.25) is 0 Å². The summed E-state index contributed by atoms with van der Waals surface area (Å²) in [5, 5.41) is 4.21. The topological polar surface area (TPSA) is 61.3 Å². The third-order valence-electron chi connectivity index (χ3n) is 2.65. The normalized spacial score (nSPS) is 15.4. The first kappa shape index (κ1) is 11.7. The summed E-state index contributed by atoms with van der Waals surface area (Å²) in [4.78, 5) is 0. The van der Waals surface area contributed by atoms with Gasteiger partial charge in [-0.15, -0.1) is 0 Å². The molecule has 18 heavy (non-hydrogen) atoms. The van der Waals surface area contributed by atoms with Gasteiger partial charge in [0.1, 0.15) is 11.9 Å². The molecular weight excluding hydrogens is 272 g/mol. The number of benzene rings is 1. The maximum absolute atomic E-state index is 6.19. The average Bonchev–Trinajstić information content (AvgIpc) is 2.72. The summed E-state index contributed by atoms with van der Waals surface area (Å²) in [6.07, 6.45) is 0.277. The van der Waals surface area contributed by atoms with Crippen molar-refractivity contribution in [2.24, 2.45) is 0 Å². The van der Waals surface area contributed by atoms with Crippen molar-refractivity contribution in [1.82, 2.24) is 5.16 Å². The smallest absolute Gasteiger partial charge is 0.169 e. The quantitative estimate of drug-likeness (QED) is 0.937. The summed E-state index contributed by atoms with van der Waals surface area (Å²) in [5.41, 5.74) is 6.34. The van der Waals surface area contributed by atoms with E-state index in [1.54, 1.807) is 12.1 Å². The van der Waals surface area contributed by atoms with Gasteiger partial charge in [-0.2, -0.15) is 11.8 Å². The molecule has 1 aliphatic rings. The van der Waals surface area contributed by atoms with Crippen LogP contribution in [0.25, 0.3) is 11.3 Å². The lowest BCUT2D eigenvalue weighted by Gasteiger charge is -2.26. The number of halogens is 1. The van der Waals surface area contributed by atoms with Gasteiger partial charge in [0, 0.05) is 23.1 Å². The fourth-order valence-corrected chi connectivity index (χ4v) is 2.43. The highest BCUT2D eigenvalue weighted by molar-refractivity contribution is 8.00. The van der Waals surface area contributed by atoms with E-state index < -0.39 is 0 Å². The number of nitrogens with two attached hydrogens (primary N) is 1. The third-order valence-corrected chi connectivity index (χ3v) is 4.16. The van der Waals surface area contributed by atoms with Crippen LogP contribution in [0.3, 0.4) is 0 Å². The molecule has 2 N–H and O–H groups in total. The van der Waals surface area contributed by atoms with Crippen molar-refractivity contribution in [2.45, 2.75) is 6.10 Å². The zero-order valence-electron chi connectivity index (χ0n) is 9.43. The number of hydrogen-bond acceptors (Lipinski definition) is 5. The van der Waals surface area contributed by atoms with Gasteiger partial charge in [0.2, 0.25) is 0 Å². The Hall–Kier alpha value is -1.33. The molecular formula is C12H11ClN2O2S. The van der Waals surface area contributed by atoms with Crippen LogP contribution in [0.15, 0.2) is 28.8 Å². The van der Waals surface area contributed by atoms with Crippen LogP contribution in [0.5, 0.6) is 5.75 Å². The Morgan fingerprint density at radius 1 is 1.39 bits per heavy atom. The number of hydrogen-bond donors (Lipinski definition) is 1. The predicted molar refractivity (Wildman–Crippen MR) is 73.1 cm³/mol. The zero-order chi connectivity index (χ0) is 12.5. The molecule has 1 aromatic heterocycles. The van der Waals surface area contributed by atoms with Crippen LogP contribution >= 0.6 is 23.4 Å². The number of rotatable bonds is 3. The second-order valence-corrected chi connectivity index (χ2v) is 5.52. The van der Waals surface area contributed by atoms with Gasteiger partial charge >= 0.3 is 0 Å². The predicted octanol–water partition coefficient (Wildman–Crippen LogP) is 3.07. The van der Waals surface area contributed by atoms with Crippen LogP contribution in [0.2, 0.25) is 5.02 Å². The Labute approximate surface area is 113 Å². The minimum Gasteiger partial charge on any atom is -0.487 e. The van der Waals surface area contributed by atoms with Crippen molar-refractivity contribution >= 4 is 29.2 Å². The van der Waals surface area contributed by atoms with E-state index in [1.165, 1.54) is 0 Å². The van der Waals surface area contributed by atoms with Crippen LogP contribution in [0.4, 0.5) is 5.82 Å². The molecule has 6 heteroatoms. The molecule has 0 aliphatic carbocycles. The molecule has 0 saturated carbocycles. The summed E-state index contributed by atoms with van der Waals surface area (Å²) in [7, 11) is 0. The second kappa shape index (κ2) is 4.74. The van der Waals surface area contributed by atoms with Gasteiger partial charge < -0.3 is 15.0 Å². The Balaban J connectivity index is 1.83. The molecule has 1 fully saturated rings. The highest BCUT2D eigenvalue weighted by Crippen LogP contribution is 2.33. The van der Waals surface area contributed by atoms with Crippen molar-refractivity contribution < 1.29 is 9.26 Å². The van der Waals surface area contributed by atoms with E-state index in [0.717, 1.165) is 17.1 Å². The Bertz CT molecular complexity index is 569. The van der Waals surface area contributed by atoms with Gasteiger partial charge in [-0.1, -0.05) is 16.8 Å². The molecule has 0 bridgehead atoms. The van der Waals surface area contributed by atoms with Crippen LogP contribution in [-0.4, -0.2) is 22.8 Å². The molecule has 94 valence electrons. The summed E-state index contributed by atoms with van der Waals surface area (Å²) < 4.78 is 10.8. The monoisotopic (exact) mass is 282 g/mol. The summed E-state index contributed by atoms with van der Waals surface area (Å²) in [6, 6.07) is 7.18. The van der Waals surface area contributed by atoms with E-state index in [2.05, 4.69) is 5.16 Å². The van der Waals surface area contributed by atoms with Crippen LogP contribution in [-0.2, 0) is 0 Å². The first-order chi connectivity index (χ1) is 8.72. The van der Waals surface area contributed by atoms with E-state index >= 15 is 0 Å². The van der Waals surface area contributed by atoms with Gasteiger partial charge in [-0.25, -0.2) is 0 Å². The molecule has 1 saturated heterocycles. The second-order valence-electron chi connectivity index (χ2n) is 4.04. The number of aromatic nitrogens is 1. The number of ether oxygens (including phenoxy) is 1. The van der Waals surface area contributed by atoms with Crippen molar-refractivity contribution in [3.8, 4) is 17.1 Å². The highest BCUT2D eigenvalue weighted by Gasteiger charge is 2.21. The SMILES string of the molecule is Nc1cc(-c2ccc(OC3CSC3)c(Cl)c2)on1. The Kier molecular flexibility index (Phi) is 3.09. The summed E-state index contributed by atoms with van der Waals surface area (Å²) >= 11 is 8.05. The maximum Gasteiger partial charge on any atom is 0.169 e. The van der Waals surface area contributed by atoms with E-state index in [-0.39, 0.29) is 6.10 Å². The molecule has 0 radical (unpaired) electrons. The van der Waals surface area contributed by atoms with Crippen molar-refractivity contribution in [3.63, 3.8) is 0 Å². The first-order valence-corrected chi connectivity index (χ1v) is 7.02. The van der Waals surface area contributed by atoms with Crippen molar-refractivity contribution in [3.05, 3.63) is 29.3 Å². The molecule has 2 aromatic rings. The summed E-state index contributed by atoms with van der Waals surface area (Å²) in [5.74, 6) is 3.71. The van der Waals surface area contributed by atoms with Gasteiger partial charge in [0.25, 0.3) is 0 Å². The minimum atomic E-state index is 0.277. The van der Waals surface area contributed by atoms with Crippen LogP contribution < -0.4 is 10.5 Å². The largest absolute Gasteiger partial charge is 0.487 e. The van der Waals surface area contributed by atoms with E-state index in [0.29, 0.717) is 22.4 Å². The lowest BCUT2D eigenvalue weighted by molar-refractivity contribution is 0.240. The van der Waals surface area contributed by atoms with E-state index in [1.807, 2.05) is 23.9 Å². The van der Waals surface area contributed by atoms with Crippen molar-refractivity contribution in [2.75, 3.05) is 17.2 Å². The Morgan fingerprint density at radius 3 is 2.78 bits per heavy atom. The molecule has 0 unspecified atom stereocenters. The van der Waals surface area contributed by atoms with Gasteiger partial charge in [0.15, 0.2) is 11.6 Å². The first-order valence-electron chi connectivity index (χ1n) is 5.49. The number of nitrogen functional groups attached to an aromatic ring is 1.